The molecule has 0 unspecified atom stereocenters. The SMILES string of the molecule is CCOCCN(CC)C(=O)C1(CN)CCCC1. The van der Waals surface area contributed by atoms with E-state index in [1.807, 2.05) is 18.7 Å². The number of nitrogens with two attached hydrogens (primary N) is 1. The van der Waals surface area contributed by atoms with E-state index < -0.39 is 0 Å². The largest absolute Gasteiger partial charge is 0.380 e. The predicted octanol–water partition coefficient (Wildman–Crippen LogP) is 1.39. The quantitative estimate of drug-likeness (QED) is 0.686. The van der Waals surface area contributed by atoms with Crippen LogP contribution in [0.15, 0.2) is 0 Å². The average molecular weight is 242 g/mol. The van der Waals surface area contributed by atoms with E-state index in [1.165, 1.54) is 0 Å². The first-order valence-corrected chi connectivity index (χ1v) is 6.77. The summed E-state index contributed by atoms with van der Waals surface area (Å²) in [6, 6.07) is 0. The zero-order chi connectivity index (χ0) is 12.7. The molecule has 0 radical (unpaired) electrons. The van der Waals surface area contributed by atoms with Crippen molar-refractivity contribution in [2.45, 2.75) is 39.5 Å². The molecule has 1 aliphatic rings. The summed E-state index contributed by atoms with van der Waals surface area (Å²) in [6.45, 7) is 7.22. The van der Waals surface area contributed by atoms with Crippen molar-refractivity contribution in [3.8, 4) is 0 Å². The number of likely N-dealkylation sites (N-methyl/N-ethyl adjacent to an activating group) is 1. The van der Waals surface area contributed by atoms with E-state index >= 15 is 0 Å². The van der Waals surface area contributed by atoms with Crippen LogP contribution in [0.2, 0.25) is 0 Å². The van der Waals surface area contributed by atoms with Crippen molar-refractivity contribution >= 4 is 5.91 Å². The number of hydrogen-bond donors (Lipinski definition) is 1. The first kappa shape index (κ1) is 14.5. The first-order chi connectivity index (χ1) is 8.20. The zero-order valence-electron chi connectivity index (χ0n) is 11.2. The van der Waals surface area contributed by atoms with Gasteiger partial charge in [-0.25, -0.2) is 0 Å². The van der Waals surface area contributed by atoms with Crippen LogP contribution in [0, 0.1) is 5.41 Å². The lowest BCUT2D eigenvalue weighted by molar-refractivity contribution is -0.142. The number of rotatable bonds is 7. The van der Waals surface area contributed by atoms with Crippen LogP contribution in [-0.4, -0.2) is 43.7 Å². The summed E-state index contributed by atoms with van der Waals surface area (Å²) in [5.41, 5.74) is 5.56. The molecule has 0 aliphatic heterocycles. The van der Waals surface area contributed by atoms with Gasteiger partial charge in [-0.2, -0.15) is 0 Å². The molecule has 1 aliphatic carbocycles. The van der Waals surface area contributed by atoms with Crippen LogP contribution >= 0.6 is 0 Å². The van der Waals surface area contributed by atoms with E-state index in [0.29, 0.717) is 26.3 Å². The highest BCUT2D eigenvalue weighted by molar-refractivity contribution is 5.83. The summed E-state index contributed by atoms with van der Waals surface area (Å²) in [5, 5.41) is 0. The summed E-state index contributed by atoms with van der Waals surface area (Å²) < 4.78 is 5.32. The monoisotopic (exact) mass is 242 g/mol. The lowest BCUT2D eigenvalue weighted by atomic mass is 9.84. The van der Waals surface area contributed by atoms with Gasteiger partial charge in [-0.15, -0.1) is 0 Å². The third kappa shape index (κ3) is 3.42. The maximum Gasteiger partial charge on any atom is 0.230 e. The predicted molar refractivity (Wildman–Crippen MR) is 68.7 cm³/mol. The number of amides is 1. The fourth-order valence-corrected chi connectivity index (χ4v) is 2.61. The molecule has 17 heavy (non-hydrogen) atoms. The van der Waals surface area contributed by atoms with Crippen molar-refractivity contribution in [3.05, 3.63) is 0 Å². The van der Waals surface area contributed by atoms with Crippen LogP contribution in [0.3, 0.4) is 0 Å². The van der Waals surface area contributed by atoms with Crippen LogP contribution in [-0.2, 0) is 9.53 Å². The average Bonchev–Trinajstić information content (AvgIpc) is 2.84. The van der Waals surface area contributed by atoms with Crippen molar-refractivity contribution in [2.24, 2.45) is 11.1 Å². The molecule has 0 aromatic carbocycles. The molecule has 100 valence electrons. The molecule has 0 atom stereocenters. The van der Waals surface area contributed by atoms with Crippen LogP contribution in [0.5, 0.6) is 0 Å². The van der Waals surface area contributed by atoms with E-state index in [0.717, 1.165) is 32.2 Å². The minimum Gasteiger partial charge on any atom is -0.380 e. The van der Waals surface area contributed by atoms with Crippen molar-refractivity contribution < 1.29 is 9.53 Å². The fourth-order valence-electron chi connectivity index (χ4n) is 2.61. The minimum atomic E-state index is -0.276. The molecule has 0 spiro atoms. The highest BCUT2D eigenvalue weighted by Crippen LogP contribution is 2.38. The van der Waals surface area contributed by atoms with Gasteiger partial charge < -0.3 is 15.4 Å². The first-order valence-electron chi connectivity index (χ1n) is 6.77. The molecule has 0 aromatic heterocycles. The van der Waals surface area contributed by atoms with E-state index in [4.69, 9.17) is 10.5 Å². The van der Waals surface area contributed by atoms with Crippen LogP contribution < -0.4 is 5.73 Å². The van der Waals surface area contributed by atoms with Gasteiger partial charge in [0.15, 0.2) is 0 Å². The smallest absolute Gasteiger partial charge is 0.230 e. The Morgan fingerprint density at radius 2 is 2.00 bits per heavy atom. The van der Waals surface area contributed by atoms with Gasteiger partial charge in [-0.3, -0.25) is 4.79 Å². The molecule has 1 fully saturated rings. The Morgan fingerprint density at radius 3 is 2.47 bits per heavy atom. The Labute approximate surface area is 104 Å². The van der Waals surface area contributed by atoms with Gasteiger partial charge in [0.25, 0.3) is 0 Å². The summed E-state index contributed by atoms with van der Waals surface area (Å²) in [4.78, 5) is 14.4. The van der Waals surface area contributed by atoms with Crippen molar-refractivity contribution in [2.75, 3.05) is 32.8 Å². The maximum absolute atomic E-state index is 12.5. The Morgan fingerprint density at radius 1 is 1.35 bits per heavy atom. The highest BCUT2D eigenvalue weighted by Gasteiger charge is 2.41. The molecule has 2 N–H and O–H groups in total. The third-order valence-electron chi connectivity index (χ3n) is 3.78. The highest BCUT2D eigenvalue weighted by atomic mass is 16.5. The summed E-state index contributed by atoms with van der Waals surface area (Å²) in [6.07, 6.45) is 4.17. The van der Waals surface area contributed by atoms with E-state index in [-0.39, 0.29) is 11.3 Å². The minimum absolute atomic E-state index is 0.236. The number of ether oxygens (including phenoxy) is 1. The molecule has 4 nitrogen and oxygen atoms in total. The number of hydrogen-bond acceptors (Lipinski definition) is 3. The molecule has 1 rings (SSSR count). The van der Waals surface area contributed by atoms with Gasteiger partial charge in [-0.1, -0.05) is 12.8 Å². The molecule has 0 bridgehead atoms. The normalized spacial score (nSPS) is 18.3. The second kappa shape index (κ2) is 6.97. The van der Waals surface area contributed by atoms with Crippen molar-refractivity contribution in [1.82, 2.24) is 4.90 Å². The second-order valence-electron chi connectivity index (χ2n) is 4.77. The van der Waals surface area contributed by atoms with Gasteiger partial charge >= 0.3 is 0 Å². The van der Waals surface area contributed by atoms with Crippen molar-refractivity contribution in [3.63, 3.8) is 0 Å². The molecule has 1 saturated carbocycles. The van der Waals surface area contributed by atoms with Gasteiger partial charge in [-0.05, 0) is 26.7 Å². The Balaban J connectivity index is 2.57. The Hall–Kier alpha value is -0.610. The summed E-state index contributed by atoms with van der Waals surface area (Å²) in [5.74, 6) is 0.236. The lowest BCUT2D eigenvalue weighted by Gasteiger charge is -2.32. The molecule has 1 amide bonds. The topological polar surface area (TPSA) is 55.6 Å². The van der Waals surface area contributed by atoms with Gasteiger partial charge in [0.1, 0.15) is 0 Å². The van der Waals surface area contributed by atoms with E-state index in [2.05, 4.69) is 0 Å². The molecule has 0 heterocycles. The van der Waals surface area contributed by atoms with Crippen LogP contribution in [0.1, 0.15) is 39.5 Å². The summed E-state index contributed by atoms with van der Waals surface area (Å²) >= 11 is 0. The number of carbonyl (C=O) groups excluding carboxylic acids is 1. The van der Waals surface area contributed by atoms with Gasteiger partial charge in [0.05, 0.1) is 12.0 Å². The van der Waals surface area contributed by atoms with E-state index in [9.17, 15) is 4.79 Å². The standard InChI is InChI=1S/C13H26N2O2/c1-3-15(9-10-17-4-2)12(16)13(11-14)7-5-6-8-13/h3-11,14H2,1-2H3. The van der Waals surface area contributed by atoms with Gasteiger partial charge in [0, 0.05) is 26.2 Å². The third-order valence-corrected chi connectivity index (χ3v) is 3.78. The zero-order valence-corrected chi connectivity index (χ0v) is 11.2. The lowest BCUT2D eigenvalue weighted by Crippen LogP contribution is -2.47. The second-order valence-corrected chi connectivity index (χ2v) is 4.77. The number of carbonyl (C=O) groups is 1. The van der Waals surface area contributed by atoms with Crippen molar-refractivity contribution in [1.29, 1.82) is 0 Å². The fraction of sp³-hybridized carbons (Fsp3) is 0.923. The number of nitrogens with zero attached hydrogens (tertiary/aromatic N) is 1. The molecular formula is C13H26N2O2. The molecule has 0 saturated heterocycles. The molecular weight excluding hydrogens is 216 g/mol. The Bertz CT molecular complexity index is 238. The molecule has 4 heteroatoms. The summed E-state index contributed by atoms with van der Waals surface area (Å²) in [7, 11) is 0. The van der Waals surface area contributed by atoms with Gasteiger partial charge in [0.2, 0.25) is 5.91 Å². The van der Waals surface area contributed by atoms with E-state index in [1.54, 1.807) is 0 Å². The van der Waals surface area contributed by atoms with Crippen LogP contribution in [0.25, 0.3) is 0 Å². The molecule has 0 aromatic rings. The Kier molecular flexibility index (Phi) is 5.92. The maximum atomic E-state index is 12.5. The van der Waals surface area contributed by atoms with Crippen LogP contribution in [0.4, 0.5) is 0 Å².